The lowest BCUT2D eigenvalue weighted by Crippen LogP contribution is -2.38. The van der Waals surface area contributed by atoms with Gasteiger partial charge in [0.15, 0.2) is 5.78 Å². The van der Waals surface area contributed by atoms with Gasteiger partial charge in [-0.25, -0.2) is 0 Å². The minimum atomic E-state index is -0.274. The van der Waals surface area contributed by atoms with Crippen LogP contribution in [0, 0.1) is 5.41 Å². The molecule has 0 unspecified atom stereocenters. The van der Waals surface area contributed by atoms with Gasteiger partial charge in [-0.15, -0.1) is 0 Å². The molecule has 1 aliphatic rings. The third-order valence-corrected chi connectivity index (χ3v) is 3.40. The average Bonchev–Trinajstić information content (AvgIpc) is 2.37. The highest BCUT2D eigenvalue weighted by atomic mass is 16.3. The number of hydrogen-bond acceptors (Lipinski definition) is 3. The van der Waals surface area contributed by atoms with Crippen molar-refractivity contribution in [1.29, 1.82) is 5.41 Å². The van der Waals surface area contributed by atoms with E-state index in [-0.39, 0.29) is 23.0 Å². The summed E-state index contributed by atoms with van der Waals surface area (Å²) in [5.74, 6) is -0.248. The molecule has 1 aromatic rings. The fourth-order valence-electron chi connectivity index (χ4n) is 2.44. The van der Waals surface area contributed by atoms with Crippen LogP contribution in [-0.4, -0.2) is 28.2 Å². The van der Waals surface area contributed by atoms with E-state index in [4.69, 9.17) is 5.41 Å². The normalized spacial score (nSPS) is 15.6. The Bertz CT molecular complexity index is 557. The fraction of sp³-hybridized carbons (Fsp3) is 0.333. The van der Waals surface area contributed by atoms with Gasteiger partial charge in [-0.1, -0.05) is 24.3 Å². The van der Waals surface area contributed by atoms with Crippen molar-refractivity contribution >= 4 is 11.6 Å². The van der Waals surface area contributed by atoms with Crippen LogP contribution in [-0.2, 0) is 17.8 Å². The number of aliphatic hydroxyl groups excluding tert-OH is 1. The number of ketones is 1. The van der Waals surface area contributed by atoms with Crippen LogP contribution >= 0.6 is 0 Å². The van der Waals surface area contributed by atoms with Gasteiger partial charge in [0.05, 0.1) is 5.57 Å². The molecule has 2 rings (SSSR count). The van der Waals surface area contributed by atoms with E-state index in [0.717, 1.165) is 6.42 Å². The molecule has 0 atom stereocenters. The highest BCUT2D eigenvalue weighted by Crippen LogP contribution is 2.20. The van der Waals surface area contributed by atoms with Gasteiger partial charge in [-0.2, -0.15) is 0 Å². The molecule has 0 bridgehead atoms. The predicted octanol–water partition coefficient (Wildman–Crippen LogP) is 2.44. The number of carbonyl (C=O) groups is 1. The lowest BCUT2D eigenvalue weighted by molar-refractivity contribution is -0.113. The Balaban J connectivity index is 2.24. The van der Waals surface area contributed by atoms with Crippen molar-refractivity contribution in [3.63, 3.8) is 0 Å². The summed E-state index contributed by atoms with van der Waals surface area (Å²) in [6.07, 6.45) is 0.855. The van der Waals surface area contributed by atoms with Crippen LogP contribution in [0.4, 0.5) is 0 Å². The van der Waals surface area contributed by atoms with Gasteiger partial charge in [0, 0.05) is 13.1 Å². The number of nitrogens with zero attached hydrogens (tertiary/aromatic N) is 1. The molecule has 1 aliphatic heterocycles. The fourth-order valence-corrected chi connectivity index (χ4v) is 2.44. The molecule has 1 heterocycles. The lowest BCUT2D eigenvalue weighted by Gasteiger charge is -2.31. The summed E-state index contributed by atoms with van der Waals surface area (Å²) in [6.45, 7) is 4.13. The standard InChI is InChI=1S/C15H18N2O2/c1-10(18)14(11(2)19)15(16)17-8-7-12-5-3-4-6-13(12)9-17/h3-6,16,18H,7-9H2,1-2H3/b14-10+,16-15?. The highest BCUT2D eigenvalue weighted by molar-refractivity contribution is 6.19. The molecule has 0 saturated carbocycles. The first-order valence-corrected chi connectivity index (χ1v) is 6.32. The zero-order valence-corrected chi connectivity index (χ0v) is 11.2. The summed E-state index contributed by atoms with van der Waals surface area (Å²) in [6, 6.07) is 8.12. The number of amidine groups is 1. The van der Waals surface area contributed by atoms with Gasteiger partial charge >= 0.3 is 0 Å². The van der Waals surface area contributed by atoms with Gasteiger partial charge in [-0.05, 0) is 31.4 Å². The molecule has 1 aromatic carbocycles. The molecule has 0 aromatic heterocycles. The third-order valence-electron chi connectivity index (χ3n) is 3.40. The van der Waals surface area contributed by atoms with Gasteiger partial charge in [0.2, 0.25) is 0 Å². The summed E-state index contributed by atoms with van der Waals surface area (Å²) >= 11 is 0. The Morgan fingerprint density at radius 1 is 1.26 bits per heavy atom. The van der Waals surface area contributed by atoms with Crippen molar-refractivity contribution in [2.45, 2.75) is 26.8 Å². The molecule has 0 fully saturated rings. The zero-order valence-electron chi connectivity index (χ0n) is 11.2. The van der Waals surface area contributed by atoms with E-state index < -0.39 is 0 Å². The average molecular weight is 258 g/mol. The molecule has 0 aliphatic carbocycles. The largest absolute Gasteiger partial charge is 0.512 e. The second kappa shape index (κ2) is 5.26. The maximum atomic E-state index is 11.5. The van der Waals surface area contributed by atoms with Crippen LogP contribution in [0.2, 0.25) is 0 Å². The quantitative estimate of drug-likeness (QED) is 0.370. The molecule has 4 nitrogen and oxygen atoms in total. The molecule has 0 saturated heterocycles. The Morgan fingerprint density at radius 2 is 1.89 bits per heavy atom. The maximum Gasteiger partial charge on any atom is 0.166 e. The number of benzene rings is 1. The van der Waals surface area contributed by atoms with Crippen LogP contribution in [0.5, 0.6) is 0 Å². The Kier molecular flexibility index (Phi) is 3.69. The van der Waals surface area contributed by atoms with Gasteiger partial charge in [-0.3, -0.25) is 10.2 Å². The summed E-state index contributed by atoms with van der Waals surface area (Å²) in [5, 5.41) is 17.7. The van der Waals surface area contributed by atoms with Gasteiger partial charge < -0.3 is 10.0 Å². The zero-order chi connectivity index (χ0) is 14.0. The minimum absolute atomic E-state index is 0.0867. The summed E-state index contributed by atoms with van der Waals surface area (Å²) in [4.78, 5) is 13.4. The van der Waals surface area contributed by atoms with E-state index >= 15 is 0 Å². The number of carbonyl (C=O) groups excluding carboxylic acids is 1. The number of rotatable bonds is 2. The van der Waals surface area contributed by atoms with Gasteiger partial charge in [0.25, 0.3) is 0 Å². The monoisotopic (exact) mass is 258 g/mol. The first-order valence-electron chi connectivity index (χ1n) is 6.32. The SMILES string of the molecule is CC(=O)/C(C(=N)N1CCc2ccccc2C1)=C(/C)O. The first kappa shape index (κ1) is 13.3. The predicted molar refractivity (Wildman–Crippen MR) is 74.3 cm³/mol. The lowest BCUT2D eigenvalue weighted by atomic mass is 9.98. The number of allylic oxidation sites excluding steroid dienone is 1. The maximum absolute atomic E-state index is 11.5. The van der Waals surface area contributed by atoms with E-state index in [1.165, 1.54) is 25.0 Å². The Morgan fingerprint density at radius 3 is 2.47 bits per heavy atom. The molecular formula is C15H18N2O2. The summed E-state index contributed by atoms with van der Waals surface area (Å²) < 4.78 is 0. The van der Waals surface area contributed by atoms with Crippen molar-refractivity contribution in [3.8, 4) is 0 Å². The van der Waals surface area contributed by atoms with E-state index in [0.29, 0.717) is 13.1 Å². The molecule has 2 N–H and O–H groups in total. The van der Waals surface area contributed by atoms with Crippen LogP contribution in [0.15, 0.2) is 35.6 Å². The second-order valence-corrected chi connectivity index (χ2v) is 4.81. The third kappa shape index (κ3) is 2.67. The molecule has 0 radical (unpaired) electrons. The van der Waals surface area contributed by atoms with Crippen molar-refractivity contribution in [1.82, 2.24) is 4.90 Å². The van der Waals surface area contributed by atoms with E-state index in [9.17, 15) is 9.90 Å². The molecule has 0 amide bonds. The molecule has 0 spiro atoms. The number of aliphatic hydroxyl groups is 1. The Hall–Kier alpha value is -2.10. The van der Waals surface area contributed by atoms with Gasteiger partial charge in [0.1, 0.15) is 11.6 Å². The second-order valence-electron chi connectivity index (χ2n) is 4.81. The first-order chi connectivity index (χ1) is 9.00. The molecular weight excluding hydrogens is 240 g/mol. The summed E-state index contributed by atoms with van der Waals surface area (Å²) in [7, 11) is 0. The number of hydrogen-bond donors (Lipinski definition) is 2. The van der Waals surface area contributed by atoms with Crippen LogP contribution in [0.25, 0.3) is 0 Å². The topological polar surface area (TPSA) is 64.4 Å². The number of fused-ring (bicyclic) bond motifs is 1. The van der Waals surface area contributed by atoms with Crippen molar-refractivity contribution in [2.75, 3.05) is 6.54 Å². The van der Waals surface area contributed by atoms with Crippen LogP contribution in [0.1, 0.15) is 25.0 Å². The Labute approximate surface area is 112 Å². The summed E-state index contributed by atoms with van der Waals surface area (Å²) in [5.41, 5.74) is 2.58. The molecule has 4 heteroatoms. The van der Waals surface area contributed by atoms with Crippen molar-refractivity contribution < 1.29 is 9.90 Å². The number of nitrogens with one attached hydrogen (secondary N) is 1. The van der Waals surface area contributed by atoms with E-state index in [1.807, 2.05) is 23.1 Å². The van der Waals surface area contributed by atoms with E-state index in [1.54, 1.807) is 0 Å². The van der Waals surface area contributed by atoms with Crippen LogP contribution < -0.4 is 0 Å². The number of Topliss-reactive ketones (excluding diaryl/α,β-unsaturated/α-hetero) is 1. The molecule has 19 heavy (non-hydrogen) atoms. The highest BCUT2D eigenvalue weighted by Gasteiger charge is 2.23. The van der Waals surface area contributed by atoms with Crippen molar-refractivity contribution in [3.05, 3.63) is 46.7 Å². The van der Waals surface area contributed by atoms with Crippen molar-refractivity contribution in [2.24, 2.45) is 0 Å². The van der Waals surface area contributed by atoms with E-state index in [2.05, 4.69) is 6.07 Å². The molecule has 100 valence electrons. The smallest absolute Gasteiger partial charge is 0.166 e. The minimum Gasteiger partial charge on any atom is -0.512 e. The van der Waals surface area contributed by atoms with Crippen LogP contribution in [0.3, 0.4) is 0 Å².